The number of aromatic nitrogens is 2. The summed E-state index contributed by atoms with van der Waals surface area (Å²) in [5.74, 6) is 0.225. The molecule has 1 N–H and O–H groups in total. The van der Waals surface area contributed by atoms with Gasteiger partial charge in [-0.3, -0.25) is 14.2 Å². The Hall–Kier alpha value is -2.12. The van der Waals surface area contributed by atoms with E-state index in [1.165, 1.54) is 11.8 Å². The van der Waals surface area contributed by atoms with Crippen molar-refractivity contribution in [3.63, 3.8) is 0 Å². The van der Waals surface area contributed by atoms with Crippen molar-refractivity contribution in [2.45, 2.75) is 37.0 Å². The Morgan fingerprint density at radius 3 is 2.75 bits per heavy atom. The molecule has 144 valence electrons. The van der Waals surface area contributed by atoms with Crippen LogP contribution in [0.5, 0.6) is 0 Å². The maximum atomic E-state index is 13.3. The molecule has 7 heteroatoms. The lowest BCUT2D eigenvalue weighted by atomic mass is 10.1. The Bertz CT molecular complexity index is 1080. The third-order valence-corrected chi connectivity index (χ3v) is 6.22. The largest absolute Gasteiger partial charge is 0.353 e. The fourth-order valence-electron chi connectivity index (χ4n) is 3.10. The molecule has 1 aliphatic carbocycles. The third-order valence-electron chi connectivity index (χ3n) is 4.77. The number of halogens is 1. The van der Waals surface area contributed by atoms with E-state index in [0.29, 0.717) is 22.1 Å². The van der Waals surface area contributed by atoms with Crippen LogP contribution >= 0.6 is 27.7 Å². The summed E-state index contributed by atoms with van der Waals surface area (Å²) in [6, 6.07) is 15.5. The average Bonchev–Trinajstić information content (AvgIpc) is 3.51. The van der Waals surface area contributed by atoms with E-state index in [0.717, 1.165) is 22.9 Å². The second kappa shape index (κ2) is 8.09. The van der Waals surface area contributed by atoms with Crippen molar-refractivity contribution in [2.24, 2.45) is 0 Å². The normalized spacial score (nSPS) is 14.8. The summed E-state index contributed by atoms with van der Waals surface area (Å²) in [7, 11) is 0. The molecule has 0 radical (unpaired) electrons. The average molecular weight is 458 g/mol. The van der Waals surface area contributed by atoms with Crippen LogP contribution in [-0.4, -0.2) is 27.3 Å². The predicted octanol–water partition coefficient (Wildman–Crippen LogP) is 4.14. The number of nitrogens with zero attached hydrogens (tertiary/aromatic N) is 2. The first-order valence-corrected chi connectivity index (χ1v) is 11.0. The van der Waals surface area contributed by atoms with Crippen molar-refractivity contribution >= 4 is 44.5 Å². The molecule has 1 saturated carbocycles. The lowest BCUT2D eigenvalue weighted by molar-refractivity contribution is -0.118. The van der Waals surface area contributed by atoms with E-state index >= 15 is 0 Å². The molecule has 1 aliphatic rings. The molecule has 1 heterocycles. The number of hydrogen-bond donors (Lipinski definition) is 1. The highest BCUT2D eigenvalue weighted by molar-refractivity contribution is 9.10. The first-order valence-electron chi connectivity index (χ1n) is 9.22. The summed E-state index contributed by atoms with van der Waals surface area (Å²) in [5.41, 5.74) is 1.55. The fourth-order valence-corrected chi connectivity index (χ4v) is 4.35. The number of nitrogens with one attached hydrogen (secondary N) is 1. The van der Waals surface area contributed by atoms with E-state index < -0.39 is 0 Å². The third kappa shape index (κ3) is 4.15. The number of rotatable bonds is 6. The summed E-state index contributed by atoms with van der Waals surface area (Å²) in [4.78, 5) is 30.2. The van der Waals surface area contributed by atoms with Crippen LogP contribution in [0, 0.1) is 0 Å². The van der Waals surface area contributed by atoms with E-state index in [1.54, 1.807) is 10.6 Å². The summed E-state index contributed by atoms with van der Waals surface area (Å²) in [6.07, 6.45) is 2.10. The van der Waals surface area contributed by atoms with Crippen LogP contribution in [0.1, 0.15) is 31.4 Å². The Morgan fingerprint density at radius 1 is 1.29 bits per heavy atom. The Labute approximate surface area is 175 Å². The van der Waals surface area contributed by atoms with Crippen molar-refractivity contribution in [3.05, 3.63) is 68.9 Å². The standard InChI is InChI=1S/C21H20BrN3O2S/c1-13(14-5-3-2-4-6-14)25-20(27)17-11-15(22)7-10-18(17)24-21(25)28-12-19(26)23-16-8-9-16/h2-7,10-11,13,16H,8-9,12H2,1H3,(H,23,26). The molecule has 5 nitrogen and oxygen atoms in total. The van der Waals surface area contributed by atoms with Gasteiger partial charge >= 0.3 is 0 Å². The van der Waals surface area contributed by atoms with Crippen LogP contribution in [0.15, 0.2) is 63.0 Å². The monoisotopic (exact) mass is 457 g/mol. The van der Waals surface area contributed by atoms with Gasteiger partial charge in [0.1, 0.15) is 0 Å². The summed E-state index contributed by atoms with van der Waals surface area (Å²) < 4.78 is 2.53. The van der Waals surface area contributed by atoms with Crippen molar-refractivity contribution in [3.8, 4) is 0 Å². The van der Waals surface area contributed by atoms with Crippen molar-refractivity contribution in [1.29, 1.82) is 0 Å². The minimum atomic E-state index is -0.196. The van der Waals surface area contributed by atoms with Gasteiger partial charge in [-0.2, -0.15) is 0 Å². The molecule has 2 aromatic carbocycles. The molecule has 0 saturated heterocycles. The van der Waals surface area contributed by atoms with Crippen LogP contribution in [0.3, 0.4) is 0 Å². The molecular weight excluding hydrogens is 438 g/mol. The zero-order valence-electron chi connectivity index (χ0n) is 15.4. The molecule has 0 spiro atoms. The topological polar surface area (TPSA) is 64.0 Å². The van der Waals surface area contributed by atoms with Gasteiger partial charge in [0.2, 0.25) is 5.91 Å². The van der Waals surface area contributed by atoms with Gasteiger partial charge in [0.25, 0.3) is 5.56 Å². The van der Waals surface area contributed by atoms with Gasteiger partial charge in [-0.05, 0) is 43.5 Å². The lowest BCUT2D eigenvalue weighted by Crippen LogP contribution is -2.29. The van der Waals surface area contributed by atoms with Gasteiger partial charge in [0, 0.05) is 10.5 Å². The highest BCUT2D eigenvalue weighted by Gasteiger charge is 2.24. The zero-order chi connectivity index (χ0) is 19.7. The molecule has 0 aliphatic heterocycles. The molecule has 1 unspecified atom stereocenters. The number of carbonyl (C=O) groups excluding carboxylic acids is 1. The summed E-state index contributed by atoms with van der Waals surface area (Å²) in [5, 5.41) is 4.10. The first kappa shape index (κ1) is 19.2. The molecule has 1 aromatic heterocycles. The minimum Gasteiger partial charge on any atom is -0.353 e. The second-order valence-corrected chi connectivity index (χ2v) is 8.81. The summed E-state index contributed by atoms with van der Waals surface area (Å²) in [6.45, 7) is 1.98. The van der Waals surface area contributed by atoms with Gasteiger partial charge in [0.15, 0.2) is 5.16 Å². The molecule has 1 amide bonds. The Kier molecular flexibility index (Phi) is 5.55. The maximum Gasteiger partial charge on any atom is 0.262 e. The van der Waals surface area contributed by atoms with Gasteiger partial charge in [-0.25, -0.2) is 4.98 Å². The predicted molar refractivity (Wildman–Crippen MR) is 116 cm³/mol. The lowest BCUT2D eigenvalue weighted by Gasteiger charge is -2.20. The molecule has 28 heavy (non-hydrogen) atoms. The van der Waals surface area contributed by atoms with Crippen LogP contribution < -0.4 is 10.9 Å². The van der Waals surface area contributed by atoms with E-state index in [9.17, 15) is 9.59 Å². The number of hydrogen-bond acceptors (Lipinski definition) is 4. The maximum absolute atomic E-state index is 13.3. The number of thioether (sulfide) groups is 1. The highest BCUT2D eigenvalue weighted by atomic mass is 79.9. The molecule has 4 rings (SSSR count). The Morgan fingerprint density at radius 2 is 2.04 bits per heavy atom. The van der Waals surface area contributed by atoms with Gasteiger partial charge in [0.05, 0.1) is 22.7 Å². The van der Waals surface area contributed by atoms with Crippen molar-refractivity contribution in [2.75, 3.05) is 5.75 Å². The van der Waals surface area contributed by atoms with Gasteiger partial charge in [-0.1, -0.05) is 58.0 Å². The van der Waals surface area contributed by atoms with E-state index in [4.69, 9.17) is 4.98 Å². The number of carbonyl (C=O) groups is 1. The number of benzene rings is 2. The number of amides is 1. The summed E-state index contributed by atoms with van der Waals surface area (Å²) >= 11 is 4.75. The van der Waals surface area contributed by atoms with E-state index in [1.807, 2.05) is 49.4 Å². The SMILES string of the molecule is CC(c1ccccc1)n1c(SCC(=O)NC2CC2)nc2ccc(Br)cc2c1=O. The van der Waals surface area contributed by atoms with Crippen molar-refractivity contribution in [1.82, 2.24) is 14.9 Å². The minimum absolute atomic E-state index is 0.0171. The Balaban J connectivity index is 1.75. The number of fused-ring (bicyclic) bond motifs is 1. The molecule has 1 fully saturated rings. The van der Waals surface area contributed by atoms with Crippen LogP contribution in [0.2, 0.25) is 0 Å². The molecule has 1 atom stereocenters. The van der Waals surface area contributed by atoms with Gasteiger partial charge in [-0.15, -0.1) is 0 Å². The second-order valence-electron chi connectivity index (χ2n) is 6.95. The van der Waals surface area contributed by atoms with E-state index in [2.05, 4.69) is 21.2 Å². The van der Waals surface area contributed by atoms with E-state index in [-0.39, 0.29) is 23.3 Å². The smallest absolute Gasteiger partial charge is 0.262 e. The molecule has 3 aromatic rings. The highest BCUT2D eigenvalue weighted by Crippen LogP contribution is 2.26. The molecular formula is C21H20BrN3O2S. The van der Waals surface area contributed by atoms with Crippen LogP contribution in [0.4, 0.5) is 0 Å². The zero-order valence-corrected chi connectivity index (χ0v) is 17.8. The first-order chi connectivity index (χ1) is 13.5. The quantitative estimate of drug-likeness (QED) is 0.446. The molecule has 0 bridgehead atoms. The van der Waals surface area contributed by atoms with Crippen LogP contribution in [0.25, 0.3) is 10.9 Å². The van der Waals surface area contributed by atoms with Crippen molar-refractivity contribution < 1.29 is 4.79 Å². The van der Waals surface area contributed by atoms with Crippen LogP contribution in [-0.2, 0) is 4.79 Å². The fraction of sp³-hybridized carbons (Fsp3) is 0.286. The van der Waals surface area contributed by atoms with Gasteiger partial charge < -0.3 is 5.32 Å².